The SMILES string of the molecule is CCN(CC)CCCOc1cc(-c2nc(C(=O)N[C@H]3CC[C@@H](O)CC3)ccc2-c2ccccc2C)ccc1Cl. The normalized spacial score (nSPS) is 17.3. The average Bonchev–Trinajstić information content (AvgIpc) is 2.95. The largest absolute Gasteiger partial charge is 0.492 e. The summed E-state index contributed by atoms with van der Waals surface area (Å²) in [6.45, 7) is 9.98. The van der Waals surface area contributed by atoms with E-state index in [1.165, 1.54) is 0 Å². The minimum absolute atomic E-state index is 0.0501. The first-order chi connectivity index (χ1) is 18.9. The number of ether oxygens (including phenoxy) is 1. The zero-order chi connectivity index (χ0) is 27.8. The molecule has 1 aliphatic rings. The van der Waals surface area contributed by atoms with Gasteiger partial charge in [-0.3, -0.25) is 4.79 Å². The summed E-state index contributed by atoms with van der Waals surface area (Å²) >= 11 is 6.52. The number of carbonyl (C=O) groups excluding carboxylic acids is 1. The Morgan fingerprint density at radius 1 is 1.05 bits per heavy atom. The van der Waals surface area contributed by atoms with Gasteiger partial charge in [-0.1, -0.05) is 55.8 Å². The molecule has 0 radical (unpaired) electrons. The summed E-state index contributed by atoms with van der Waals surface area (Å²) in [6.07, 6.45) is 3.59. The van der Waals surface area contributed by atoms with Crippen LogP contribution in [0.2, 0.25) is 5.02 Å². The van der Waals surface area contributed by atoms with Gasteiger partial charge in [-0.25, -0.2) is 4.98 Å². The van der Waals surface area contributed by atoms with Gasteiger partial charge in [0.2, 0.25) is 0 Å². The first-order valence-electron chi connectivity index (χ1n) is 14.1. The second-order valence-electron chi connectivity index (χ2n) is 10.3. The molecule has 0 atom stereocenters. The van der Waals surface area contributed by atoms with E-state index in [0.717, 1.165) is 61.2 Å². The zero-order valence-electron chi connectivity index (χ0n) is 23.3. The Bertz CT molecular complexity index is 1250. The van der Waals surface area contributed by atoms with E-state index in [1.807, 2.05) is 36.4 Å². The molecular weight excluding hydrogens is 510 g/mol. The fourth-order valence-electron chi connectivity index (χ4n) is 5.15. The molecule has 1 fully saturated rings. The summed E-state index contributed by atoms with van der Waals surface area (Å²) in [5.74, 6) is 0.415. The lowest BCUT2D eigenvalue weighted by Gasteiger charge is -2.26. The van der Waals surface area contributed by atoms with Crippen molar-refractivity contribution in [2.24, 2.45) is 0 Å². The zero-order valence-corrected chi connectivity index (χ0v) is 24.0. The lowest BCUT2D eigenvalue weighted by Crippen LogP contribution is -2.38. The summed E-state index contributed by atoms with van der Waals surface area (Å²) in [6, 6.07) is 17.7. The number of nitrogens with zero attached hydrogens (tertiary/aromatic N) is 2. The number of rotatable bonds is 11. The summed E-state index contributed by atoms with van der Waals surface area (Å²) in [7, 11) is 0. The van der Waals surface area contributed by atoms with Gasteiger partial charge in [0.1, 0.15) is 11.4 Å². The molecule has 1 amide bonds. The van der Waals surface area contributed by atoms with Crippen molar-refractivity contribution >= 4 is 17.5 Å². The maximum Gasteiger partial charge on any atom is 0.270 e. The van der Waals surface area contributed by atoms with Gasteiger partial charge in [-0.15, -0.1) is 0 Å². The Kier molecular flexibility index (Phi) is 10.4. The van der Waals surface area contributed by atoms with E-state index < -0.39 is 0 Å². The number of pyridine rings is 1. The third-order valence-corrected chi connectivity index (χ3v) is 7.88. The fraction of sp³-hybridized carbons (Fsp3) is 0.438. The number of nitrogens with one attached hydrogen (secondary N) is 1. The highest BCUT2D eigenvalue weighted by Crippen LogP contribution is 2.36. The van der Waals surface area contributed by atoms with Crippen LogP contribution in [0.15, 0.2) is 54.6 Å². The van der Waals surface area contributed by atoms with E-state index in [9.17, 15) is 9.90 Å². The van der Waals surface area contributed by atoms with E-state index in [2.05, 4.69) is 43.1 Å². The Morgan fingerprint density at radius 3 is 2.51 bits per heavy atom. The van der Waals surface area contributed by atoms with E-state index in [4.69, 9.17) is 21.3 Å². The molecule has 0 spiro atoms. The van der Waals surface area contributed by atoms with Crippen LogP contribution in [0.3, 0.4) is 0 Å². The van der Waals surface area contributed by atoms with Gasteiger partial charge < -0.3 is 20.1 Å². The highest BCUT2D eigenvalue weighted by molar-refractivity contribution is 6.32. The maximum atomic E-state index is 13.2. The minimum Gasteiger partial charge on any atom is -0.492 e. The highest BCUT2D eigenvalue weighted by atomic mass is 35.5. The van der Waals surface area contributed by atoms with E-state index >= 15 is 0 Å². The molecule has 1 heterocycles. The molecule has 208 valence electrons. The van der Waals surface area contributed by atoms with Gasteiger partial charge in [0.15, 0.2) is 0 Å². The van der Waals surface area contributed by atoms with Crippen molar-refractivity contribution in [3.63, 3.8) is 0 Å². The van der Waals surface area contributed by atoms with Crippen molar-refractivity contribution in [3.05, 3.63) is 70.9 Å². The van der Waals surface area contributed by atoms with Gasteiger partial charge in [-0.2, -0.15) is 0 Å². The van der Waals surface area contributed by atoms with Crippen molar-refractivity contribution < 1.29 is 14.6 Å². The van der Waals surface area contributed by atoms with Crippen LogP contribution in [0.4, 0.5) is 0 Å². The molecule has 0 unspecified atom stereocenters. The molecule has 1 aromatic heterocycles. The highest BCUT2D eigenvalue weighted by Gasteiger charge is 2.23. The van der Waals surface area contributed by atoms with Crippen LogP contribution in [-0.4, -0.2) is 59.3 Å². The second kappa shape index (κ2) is 13.9. The first kappa shape index (κ1) is 29.1. The number of benzene rings is 2. The average molecular weight is 550 g/mol. The van der Waals surface area contributed by atoms with E-state index in [-0.39, 0.29) is 18.1 Å². The summed E-state index contributed by atoms with van der Waals surface area (Å²) in [5.41, 5.74) is 5.04. The molecule has 3 aromatic rings. The number of aromatic nitrogens is 1. The monoisotopic (exact) mass is 549 g/mol. The molecule has 2 N–H and O–H groups in total. The van der Waals surface area contributed by atoms with Gasteiger partial charge >= 0.3 is 0 Å². The van der Waals surface area contributed by atoms with E-state index in [0.29, 0.717) is 41.6 Å². The number of hydrogen-bond acceptors (Lipinski definition) is 5. The van der Waals surface area contributed by atoms with Crippen LogP contribution in [0.1, 0.15) is 62.0 Å². The summed E-state index contributed by atoms with van der Waals surface area (Å²) in [4.78, 5) is 20.5. The van der Waals surface area contributed by atoms with Crippen molar-refractivity contribution in [2.45, 2.75) is 65.0 Å². The van der Waals surface area contributed by atoms with Crippen LogP contribution < -0.4 is 10.1 Å². The lowest BCUT2D eigenvalue weighted by atomic mass is 9.93. The lowest BCUT2D eigenvalue weighted by molar-refractivity contribution is 0.0863. The molecule has 0 bridgehead atoms. The smallest absolute Gasteiger partial charge is 0.270 e. The number of hydrogen-bond donors (Lipinski definition) is 2. The van der Waals surface area contributed by atoms with Crippen molar-refractivity contribution in [1.82, 2.24) is 15.2 Å². The van der Waals surface area contributed by atoms with Crippen LogP contribution in [0, 0.1) is 6.92 Å². The number of carbonyl (C=O) groups is 1. The fourth-order valence-corrected chi connectivity index (χ4v) is 5.32. The second-order valence-corrected chi connectivity index (χ2v) is 10.7. The van der Waals surface area contributed by atoms with Crippen molar-refractivity contribution in [3.8, 4) is 28.1 Å². The minimum atomic E-state index is -0.269. The van der Waals surface area contributed by atoms with Crippen LogP contribution in [0.25, 0.3) is 22.4 Å². The van der Waals surface area contributed by atoms with Crippen LogP contribution >= 0.6 is 11.6 Å². The number of amides is 1. The van der Waals surface area contributed by atoms with Crippen molar-refractivity contribution in [1.29, 1.82) is 0 Å². The molecule has 39 heavy (non-hydrogen) atoms. The van der Waals surface area contributed by atoms with Gasteiger partial charge in [0, 0.05) is 23.7 Å². The first-order valence-corrected chi connectivity index (χ1v) is 14.5. The molecular formula is C32H40ClN3O3. The van der Waals surface area contributed by atoms with Crippen molar-refractivity contribution in [2.75, 3.05) is 26.2 Å². The predicted molar refractivity (Wildman–Crippen MR) is 158 cm³/mol. The number of aliphatic hydroxyl groups is 1. The molecule has 0 saturated heterocycles. The summed E-state index contributed by atoms with van der Waals surface area (Å²) in [5, 5.41) is 13.5. The van der Waals surface area contributed by atoms with Crippen LogP contribution in [-0.2, 0) is 0 Å². The topological polar surface area (TPSA) is 74.7 Å². The van der Waals surface area contributed by atoms with Gasteiger partial charge in [0.25, 0.3) is 5.91 Å². The standard InChI is InChI=1S/C32H40ClN3O3/c1-4-36(5-2)19-8-20-39-30-21-23(11-17-28(30)33)31-27(26-10-7-6-9-22(26)3)16-18-29(35-31)32(38)34-24-12-14-25(37)15-13-24/h6-7,9-11,16-18,21,24-25,37H,4-5,8,12-15,19-20H2,1-3H3,(H,34,38)/t24-,25+. The predicted octanol–water partition coefficient (Wildman–Crippen LogP) is 6.52. The molecule has 4 rings (SSSR count). The molecule has 2 aromatic carbocycles. The van der Waals surface area contributed by atoms with E-state index in [1.54, 1.807) is 6.07 Å². The molecule has 1 saturated carbocycles. The number of halogens is 1. The van der Waals surface area contributed by atoms with Gasteiger partial charge in [0.05, 0.1) is 23.4 Å². The number of aryl methyl sites for hydroxylation is 1. The Labute approximate surface area is 237 Å². The maximum absolute atomic E-state index is 13.2. The molecule has 7 heteroatoms. The molecule has 1 aliphatic carbocycles. The third-order valence-electron chi connectivity index (χ3n) is 7.57. The Morgan fingerprint density at radius 2 is 1.79 bits per heavy atom. The Balaban J connectivity index is 1.62. The number of aliphatic hydroxyl groups excluding tert-OH is 1. The summed E-state index contributed by atoms with van der Waals surface area (Å²) < 4.78 is 6.11. The molecule has 0 aliphatic heterocycles. The Hall–Kier alpha value is -2.93. The third kappa shape index (κ3) is 7.59. The quantitative estimate of drug-likeness (QED) is 0.266. The van der Waals surface area contributed by atoms with Gasteiger partial charge in [-0.05, 0) is 87.5 Å². The van der Waals surface area contributed by atoms with Crippen LogP contribution in [0.5, 0.6) is 5.75 Å². The molecule has 6 nitrogen and oxygen atoms in total.